The number of hydrogen-bond acceptors (Lipinski definition) is 5. The highest BCUT2D eigenvalue weighted by Crippen LogP contribution is 2.15. The van der Waals surface area contributed by atoms with E-state index in [4.69, 9.17) is 0 Å². The number of pyridine rings is 1. The van der Waals surface area contributed by atoms with Gasteiger partial charge in [0.25, 0.3) is 11.9 Å². The number of nitrogens with one attached hydrogen (secondary N) is 1. The van der Waals surface area contributed by atoms with E-state index in [1.807, 2.05) is 12.3 Å². The Hall–Kier alpha value is -2.28. The van der Waals surface area contributed by atoms with Crippen molar-refractivity contribution in [2.24, 2.45) is 0 Å². The largest absolute Gasteiger partial charge is 0.289 e. The number of amides is 1. The monoisotopic (exact) mass is 259 g/mol. The molecular weight excluding hydrogens is 250 g/mol. The summed E-state index contributed by atoms with van der Waals surface area (Å²) in [4.78, 5) is 20.7. The number of thiazole rings is 1. The molecule has 3 aromatic rings. The molecule has 18 heavy (non-hydrogen) atoms. The van der Waals surface area contributed by atoms with Gasteiger partial charge in [0, 0.05) is 23.3 Å². The molecule has 0 aliphatic rings. The fraction of sp³-hybridized carbons (Fsp3) is 0.0909. The van der Waals surface area contributed by atoms with Crippen LogP contribution in [0.1, 0.15) is 16.1 Å². The lowest BCUT2D eigenvalue weighted by atomic mass is 10.2. The number of rotatable bonds is 2. The number of hydrogen-bond donors (Lipinski definition) is 1. The lowest BCUT2D eigenvalue weighted by Crippen LogP contribution is -2.13. The summed E-state index contributed by atoms with van der Waals surface area (Å²) in [6.45, 7) is 1.94. The van der Waals surface area contributed by atoms with E-state index in [0.29, 0.717) is 11.5 Å². The molecule has 1 N–H and O–H groups in total. The maximum absolute atomic E-state index is 11.9. The minimum absolute atomic E-state index is 0.242. The van der Waals surface area contributed by atoms with Crippen LogP contribution in [-0.4, -0.2) is 25.5 Å². The molecule has 0 fully saturated rings. The first-order valence-corrected chi connectivity index (χ1v) is 6.14. The van der Waals surface area contributed by atoms with Crippen molar-refractivity contribution >= 4 is 28.2 Å². The smallest absolute Gasteiger partial charge is 0.258 e. The molecule has 3 rings (SSSR count). The van der Waals surface area contributed by atoms with Gasteiger partial charge in [-0.05, 0) is 19.1 Å². The quantitative estimate of drug-likeness (QED) is 0.761. The van der Waals surface area contributed by atoms with Gasteiger partial charge in [-0.15, -0.1) is 16.4 Å². The Kier molecular flexibility index (Phi) is 2.52. The summed E-state index contributed by atoms with van der Waals surface area (Å²) < 4.78 is 1.70. The fourth-order valence-corrected chi connectivity index (χ4v) is 2.32. The standard InChI is InChI=1S/C11H9N5OS/c1-7-6-18-11-14-10(15-16(7)11)13-9(17)8-2-4-12-5-3-8/h2-6H,1H3,(H,13,15,17). The predicted octanol–water partition coefficient (Wildman–Crippen LogP) is 1.75. The lowest BCUT2D eigenvalue weighted by Gasteiger charge is -1.99. The first-order chi connectivity index (χ1) is 8.74. The highest BCUT2D eigenvalue weighted by molar-refractivity contribution is 7.15. The van der Waals surface area contributed by atoms with Crippen molar-refractivity contribution in [2.75, 3.05) is 5.32 Å². The van der Waals surface area contributed by atoms with Crippen molar-refractivity contribution in [3.05, 3.63) is 41.2 Å². The molecule has 0 radical (unpaired) electrons. The van der Waals surface area contributed by atoms with Crippen LogP contribution in [0, 0.1) is 6.92 Å². The lowest BCUT2D eigenvalue weighted by molar-refractivity contribution is 0.102. The van der Waals surface area contributed by atoms with Crippen LogP contribution < -0.4 is 5.32 Å². The van der Waals surface area contributed by atoms with Crippen molar-refractivity contribution in [3.8, 4) is 0 Å². The Balaban J connectivity index is 1.86. The van der Waals surface area contributed by atoms with E-state index in [2.05, 4.69) is 20.4 Å². The van der Waals surface area contributed by atoms with Crippen LogP contribution in [0.4, 0.5) is 5.95 Å². The zero-order valence-electron chi connectivity index (χ0n) is 9.49. The van der Waals surface area contributed by atoms with Crippen LogP contribution in [0.15, 0.2) is 29.9 Å². The second-order valence-corrected chi connectivity index (χ2v) is 4.53. The van der Waals surface area contributed by atoms with Crippen LogP contribution in [-0.2, 0) is 0 Å². The van der Waals surface area contributed by atoms with Gasteiger partial charge in [-0.2, -0.15) is 4.98 Å². The van der Waals surface area contributed by atoms with Crippen molar-refractivity contribution < 1.29 is 4.79 Å². The number of carbonyl (C=O) groups is 1. The molecule has 0 saturated heterocycles. The SMILES string of the molecule is Cc1csc2nc(NC(=O)c3ccncc3)nn12. The number of carbonyl (C=O) groups excluding carboxylic acids is 1. The molecule has 0 aliphatic heterocycles. The van der Waals surface area contributed by atoms with E-state index >= 15 is 0 Å². The first kappa shape index (κ1) is 10.8. The first-order valence-electron chi connectivity index (χ1n) is 5.26. The van der Waals surface area contributed by atoms with Crippen molar-refractivity contribution in [3.63, 3.8) is 0 Å². The predicted molar refractivity (Wildman–Crippen MR) is 67.8 cm³/mol. The highest BCUT2D eigenvalue weighted by Gasteiger charge is 2.11. The van der Waals surface area contributed by atoms with Gasteiger partial charge < -0.3 is 0 Å². The molecular formula is C11H9N5OS. The van der Waals surface area contributed by atoms with Gasteiger partial charge >= 0.3 is 0 Å². The molecule has 1 amide bonds. The molecule has 0 aliphatic carbocycles. The van der Waals surface area contributed by atoms with Gasteiger partial charge in [-0.25, -0.2) is 4.52 Å². The maximum Gasteiger partial charge on any atom is 0.258 e. The molecule has 0 saturated carbocycles. The Morgan fingerprint density at radius 1 is 1.39 bits per heavy atom. The molecule has 7 heteroatoms. The fourth-order valence-electron chi connectivity index (χ4n) is 1.52. The molecule has 90 valence electrons. The van der Waals surface area contributed by atoms with Gasteiger partial charge in [0.15, 0.2) is 0 Å². The summed E-state index contributed by atoms with van der Waals surface area (Å²) in [7, 11) is 0. The average Bonchev–Trinajstić information content (AvgIpc) is 2.93. The van der Waals surface area contributed by atoms with Crippen LogP contribution in [0.3, 0.4) is 0 Å². The van der Waals surface area contributed by atoms with Crippen molar-refractivity contribution in [2.45, 2.75) is 6.92 Å². The summed E-state index contributed by atoms with van der Waals surface area (Å²) in [5.74, 6) is 0.0695. The van der Waals surface area contributed by atoms with Crippen LogP contribution >= 0.6 is 11.3 Å². The second kappa shape index (κ2) is 4.19. The molecule has 0 atom stereocenters. The van der Waals surface area contributed by atoms with E-state index in [1.165, 1.54) is 11.3 Å². The molecule has 3 aromatic heterocycles. The van der Waals surface area contributed by atoms with E-state index in [0.717, 1.165) is 10.7 Å². The number of aromatic nitrogens is 4. The third kappa shape index (κ3) is 1.84. The van der Waals surface area contributed by atoms with Crippen LogP contribution in [0.2, 0.25) is 0 Å². The van der Waals surface area contributed by atoms with E-state index in [-0.39, 0.29) is 5.91 Å². The van der Waals surface area contributed by atoms with E-state index in [9.17, 15) is 4.79 Å². The zero-order chi connectivity index (χ0) is 12.5. The summed E-state index contributed by atoms with van der Waals surface area (Å²) >= 11 is 1.49. The molecule has 0 unspecified atom stereocenters. The Morgan fingerprint density at radius 2 is 2.17 bits per heavy atom. The highest BCUT2D eigenvalue weighted by atomic mass is 32.1. The number of anilines is 1. The van der Waals surface area contributed by atoms with Crippen LogP contribution in [0.5, 0.6) is 0 Å². The summed E-state index contributed by atoms with van der Waals surface area (Å²) in [5.41, 5.74) is 1.52. The summed E-state index contributed by atoms with van der Waals surface area (Å²) in [6, 6.07) is 3.28. The van der Waals surface area contributed by atoms with Gasteiger partial charge in [-0.1, -0.05) is 0 Å². The van der Waals surface area contributed by atoms with Gasteiger partial charge in [0.1, 0.15) is 0 Å². The average molecular weight is 259 g/mol. The zero-order valence-corrected chi connectivity index (χ0v) is 10.3. The number of aryl methyl sites for hydroxylation is 1. The van der Waals surface area contributed by atoms with Gasteiger partial charge in [-0.3, -0.25) is 15.1 Å². The molecule has 0 bridgehead atoms. The minimum atomic E-state index is -0.242. The third-order valence-corrected chi connectivity index (χ3v) is 3.35. The van der Waals surface area contributed by atoms with Gasteiger partial charge in [0.05, 0.1) is 5.69 Å². The molecule has 3 heterocycles. The Morgan fingerprint density at radius 3 is 2.89 bits per heavy atom. The van der Waals surface area contributed by atoms with Gasteiger partial charge in [0.2, 0.25) is 4.96 Å². The minimum Gasteiger partial charge on any atom is -0.289 e. The summed E-state index contributed by atoms with van der Waals surface area (Å²) in [6.07, 6.45) is 3.14. The maximum atomic E-state index is 11.9. The third-order valence-electron chi connectivity index (χ3n) is 2.41. The Labute approximate surface area is 106 Å². The number of fused-ring (bicyclic) bond motifs is 1. The topological polar surface area (TPSA) is 72.2 Å². The van der Waals surface area contributed by atoms with Crippen LogP contribution in [0.25, 0.3) is 4.96 Å². The molecule has 0 aromatic carbocycles. The normalized spacial score (nSPS) is 10.7. The molecule has 0 spiro atoms. The van der Waals surface area contributed by atoms with Crippen molar-refractivity contribution in [1.82, 2.24) is 19.6 Å². The second-order valence-electron chi connectivity index (χ2n) is 3.70. The van der Waals surface area contributed by atoms with E-state index in [1.54, 1.807) is 29.0 Å². The summed E-state index contributed by atoms with van der Waals surface area (Å²) in [5, 5.41) is 8.83. The number of nitrogens with zero attached hydrogens (tertiary/aromatic N) is 4. The van der Waals surface area contributed by atoms with E-state index < -0.39 is 0 Å². The van der Waals surface area contributed by atoms with Crippen molar-refractivity contribution in [1.29, 1.82) is 0 Å². The molecule has 6 nitrogen and oxygen atoms in total. The Bertz CT molecular complexity index is 703.